The van der Waals surface area contributed by atoms with Crippen molar-refractivity contribution < 1.29 is 9.59 Å². The fourth-order valence-corrected chi connectivity index (χ4v) is 3.47. The summed E-state index contributed by atoms with van der Waals surface area (Å²) in [4.78, 5) is 26.5. The van der Waals surface area contributed by atoms with Gasteiger partial charge in [-0.25, -0.2) is 4.68 Å². The number of hydrogen-bond acceptors (Lipinski definition) is 3. The zero-order valence-electron chi connectivity index (χ0n) is 13.7. The maximum absolute atomic E-state index is 12.6. The summed E-state index contributed by atoms with van der Waals surface area (Å²) in [6.07, 6.45) is 4.12. The van der Waals surface area contributed by atoms with Crippen molar-refractivity contribution in [3.63, 3.8) is 0 Å². The number of amides is 2. The third-order valence-corrected chi connectivity index (χ3v) is 5.26. The van der Waals surface area contributed by atoms with Crippen LogP contribution in [-0.2, 0) is 16.1 Å². The first-order valence-electron chi connectivity index (χ1n) is 8.47. The zero-order valence-corrected chi connectivity index (χ0v) is 15.3. The lowest BCUT2D eigenvalue weighted by Crippen LogP contribution is -2.30. The highest BCUT2D eigenvalue weighted by molar-refractivity contribution is 9.10. The van der Waals surface area contributed by atoms with Crippen LogP contribution in [-0.4, -0.2) is 39.1 Å². The van der Waals surface area contributed by atoms with Crippen LogP contribution in [0.4, 0.5) is 5.82 Å². The molecule has 1 saturated heterocycles. The Labute approximate surface area is 154 Å². The molecule has 1 aromatic carbocycles. The Morgan fingerprint density at radius 1 is 1.24 bits per heavy atom. The number of aromatic nitrogens is 2. The minimum atomic E-state index is -0.274. The molecular formula is C18H19BrN4O2. The molecule has 2 fully saturated rings. The first-order chi connectivity index (χ1) is 12.1. The smallest absolute Gasteiger partial charge is 0.230 e. The number of halogens is 1. The van der Waals surface area contributed by atoms with Crippen molar-refractivity contribution in [2.24, 2.45) is 5.92 Å². The van der Waals surface area contributed by atoms with E-state index in [0.29, 0.717) is 31.4 Å². The number of carbonyl (C=O) groups excluding carboxylic acids is 2. The Bertz CT molecular complexity index is 798. The van der Waals surface area contributed by atoms with Gasteiger partial charge in [-0.15, -0.1) is 0 Å². The van der Waals surface area contributed by atoms with Gasteiger partial charge in [-0.05, 0) is 30.5 Å². The van der Waals surface area contributed by atoms with Crippen molar-refractivity contribution in [1.29, 1.82) is 0 Å². The molecule has 1 aliphatic heterocycles. The lowest BCUT2D eigenvalue weighted by atomic mass is 10.1. The fourth-order valence-electron chi connectivity index (χ4n) is 3.20. The first kappa shape index (κ1) is 16.3. The number of benzene rings is 1. The molecule has 6 nitrogen and oxygen atoms in total. The van der Waals surface area contributed by atoms with Gasteiger partial charge in [0.15, 0.2) is 0 Å². The number of nitrogens with one attached hydrogen (secondary N) is 1. The number of nitrogens with zero attached hydrogens (tertiary/aromatic N) is 3. The van der Waals surface area contributed by atoms with Gasteiger partial charge >= 0.3 is 0 Å². The van der Waals surface area contributed by atoms with Crippen molar-refractivity contribution >= 4 is 33.6 Å². The van der Waals surface area contributed by atoms with Gasteiger partial charge in [0.1, 0.15) is 5.82 Å². The summed E-state index contributed by atoms with van der Waals surface area (Å²) in [6.45, 7) is 1.11. The van der Waals surface area contributed by atoms with Crippen LogP contribution in [0.15, 0.2) is 41.0 Å². The van der Waals surface area contributed by atoms with E-state index in [0.717, 1.165) is 22.9 Å². The summed E-state index contributed by atoms with van der Waals surface area (Å²) in [5, 5.41) is 7.23. The number of hydrogen-bond donors (Lipinski definition) is 1. The Kier molecular flexibility index (Phi) is 4.33. The molecule has 7 heteroatoms. The Balaban J connectivity index is 1.41. The molecule has 2 aliphatic rings. The zero-order chi connectivity index (χ0) is 17.4. The molecule has 1 atom stereocenters. The van der Waals surface area contributed by atoms with Crippen molar-refractivity contribution in [3.8, 4) is 0 Å². The van der Waals surface area contributed by atoms with Gasteiger partial charge in [0.2, 0.25) is 11.8 Å². The Hall–Kier alpha value is -2.15. The second-order valence-corrected chi connectivity index (χ2v) is 7.58. The van der Waals surface area contributed by atoms with E-state index in [9.17, 15) is 9.59 Å². The SMILES string of the molecule is O=C(Nc1ccnn1Cc1ccc(Br)cc1)C1CC(=O)N(C2CC2)C1. The van der Waals surface area contributed by atoms with Crippen molar-refractivity contribution in [2.75, 3.05) is 11.9 Å². The molecule has 4 rings (SSSR count). The third-order valence-electron chi connectivity index (χ3n) is 4.73. The Morgan fingerprint density at radius 3 is 2.72 bits per heavy atom. The van der Waals surface area contributed by atoms with Crippen LogP contribution in [0.2, 0.25) is 0 Å². The highest BCUT2D eigenvalue weighted by atomic mass is 79.9. The summed E-state index contributed by atoms with van der Waals surface area (Å²) < 4.78 is 2.78. The van der Waals surface area contributed by atoms with Crippen LogP contribution in [0, 0.1) is 5.92 Å². The van der Waals surface area contributed by atoms with Crippen molar-refractivity contribution in [1.82, 2.24) is 14.7 Å². The predicted molar refractivity (Wildman–Crippen MR) is 96.9 cm³/mol. The van der Waals surface area contributed by atoms with E-state index >= 15 is 0 Å². The average molecular weight is 403 g/mol. The van der Waals surface area contributed by atoms with E-state index in [1.807, 2.05) is 29.2 Å². The molecule has 1 unspecified atom stereocenters. The molecule has 1 saturated carbocycles. The van der Waals surface area contributed by atoms with E-state index in [1.54, 1.807) is 16.9 Å². The maximum atomic E-state index is 12.6. The summed E-state index contributed by atoms with van der Waals surface area (Å²) in [5.74, 6) is 0.384. The summed E-state index contributed by atoms with van der Waals surface area (Å²) in [7, 11) is 0. The van der Waals surface area contributed by atoms with E-state index in [1.165, 1.54) is 0 Å². The average Bonchev–Trinajstić information content (AvgIpc) is 3.23. The van der Waals surface area contributed by atoms with Crippen LogP contribution >= 0.6 is 15.9 Å². The van der Waals surface area contributed by atoms with E-state index in [4.69, 9.17) is 0 Å². The maximum Gasteiger partial charge on any atom is 0.230 e. The number of carbonyl (C=O) groups is 2. The Morgan fingerprint density at radius 2 is 2.00 bits per heavy atom. The lowest BCUT2D eigenvalue weighted by Gasteiger charge is -2.15. The van der Waals surface area contributed by atoms with Crippen LogP contribution in [0.5, 0.6) is 0 Å². The molecule has 25 heavy (non-hydrogen) atoms. The lowest BCUT2D eigenvalue weighted by molar-refractivity contribution is -0.128. The summed E-state index contributed by atoms with van der Waals surface area (Å²) in [5.41, 5.74) is 1.10. The standard InChI is InChI=1S/C18H19BrN4O2/c19-14-3-1-12(2-4-14)10-23-16(7-8-20-23)21-18(25)13-9-17(24)22(11-13)15-5-6-15/h1-4,7-8,13,15H,5-6,9-11H2,(H,21,25). The van der Waals surface area contributed by atoms with Crippen molar-refractivity contribution in [3.05, 3.63) is 46.6 Å². The molecule has 0 bridgehead atoms. The van der Waals surface area contributed by atoms with Crippen LogP contribution in [0.3, 0.4) is 0 Å². The number of anilines is 1. The van der Waals surface area contributed by atoms with Gasteiger partial charge in [-0.1, -0.05) is 28.1 Å². The molecule has 1 aliphatic carbocycles. The van der Waals surface area contributed by atoms with Gasteiger partial charge in [0.25, 0.3) is 0 Å². The quantitative estimate of drug-likeness (QED) is 0.835. The topological polar surface area (TPSA) is 67.2 Å². The second-order valence-electron chi connectivity index (χ2n) is 6.67. The fraction of sp³-hybridized carbons (Fsp3) is 0.389. The third kappa shape index (κ3) is 3.61. The summed E-state index contributed by atoms with van der Waals surface area (Å²) in [6, 6.07) is 10.1. The minimum Gasteiger partial charge on any atom is -0.339 e. The molecule has 2 amide bonds. The summed E-state index contributed by atoms with van der Waals surface area (Å²) >= 11 is 3.42. The van der Waals surface area contributed by atoms with Gasteiger partial charge in [-0.3, -0.25) is 9.59 Å². The monoisotopic (exact) mass is 402 g/mol. The normalized spacial score (nSPS) is 20.1. The molecule has 0 spiro atoms. The van der Waals surface area contributed by atoms with Crippen LogP contribution < -0.4 is 5.32 Å². The number of likely N-dealkylation sites (tertiary alicyclic amines) is 1. The highest BCUT2D eigenvalue weighted by Crippen LogP contribution is 2.33. The first-order valence-corrected chi connectivity index (χ1v) is 9.26. The van der Waals surface area contributed by atoms with Crippen LogP contribution in [0.25, 0.3) is 0 Å². The van der Waals surface area contributed by atoms with E-state index in [-0.39, 0.29) is 17.7 Å². The van der Waals surface area contributed by atoms with Crippen LogP contribution in [0.1, 0.15) is 24.8 Å². The largest absolute Gasteiger partial charge is 0.339 e. The molecule has 2 heterocycles. The second kappa shape index (κ2) is 6.63. The predicted octanol–water partition coefficient (Wildman–Crippen LogP) is 2.64. The number of rotatable bonds is 5. The van der Waals surface area contributed by atoms with E-state index in [2.05, 4.69) is 26.3 Å². The molecule has 1 aromatic heterocycles. The molecule has 2 aromatic rings. The highest BCUT2D eigenvalue weighted by Gasteiger charge is 2.41. The molecule has 130 valence electrons. The van der Waals surface area contributed by atoms with E-state index < -0.39 is 0 Å². The molecule has 1 N–H and O–H groups in total. The molecule has 0 radical (unpaired) electrons. The minimum absolute atomic E-state index is 0.103. The van der Waals surface area contributed by atoms with Gasteiger partial charge in [0, 0.05) is 29.5 Å². The van der Waals surface area contributed by atoms with Crippen molar-refractivity contribution in [2.45, 2.75) is 31.8 Å². The van der Waals surface area contributed by atoms with Gasteiger partial charge in [-0.2, -0.15) is 5.10 Å². The molecular weight excluding hydrogens is 384 g/mol. The van der Waals surface area contributed by atoms with Gasteiger partial charge < -0.3 is 10.2 Å². The van der Waals surface area contributed by atoms with Gasteiger partial charge in [0.05, 0.1) is 18.7 Å².